The van der Waals surface area contributed by atoms with E-state index in [0.717, 1.165) is 0 Å². The van der Waals surface area contributed by atoms with Crippen molar-refractivity contribution in [2.24, 2.45) is 4.99 Å². The van der Waals surface area contributed by atoms with Crippen molar-refractivity contribution in [1.29, 1.82) is 0 Å². The second kappa shape index (κ2) is 7.45. The van der Waals surface area contributed by atoms with E-state index in [0.29, 0.717) is 17.8 Å². The first-order valence-corrected chi connectivity index (χ1v) is 8.33. The Labute approximate surface area is 136 Å². The molecule has 0 fully saturated rings. The van der Waals surface area contributed by atoms with Crippen molar-refractivity contribution < 1.29 is 4.79 Å². The molecule has 2 aromatic rings. The van der Waals surface area contributed by atoms with Gasteiger partial charge in [0.05, 0.1) is 5.75 Å². The first-order chi connectivity index (χ1) is 10.4. The lowest BCUT2D eigenvalue weighted by Crippen LogP contribution is -2.23. The highest BCUT2D eigenvalue weighted by atomic mass is 32.2. The average Bonchev–Trinajstić information content (AvgIpc) is 2.48. The van der Waals surface area contributed by atoms with Crippen molar-refractivity contribution in [2.45, 2.75) is 32.1 Å². The predicted molar refractivity (Wildman–Crippen MR) is 92.8 cm³/mol. The first kappa shape index (κ1) is 16.6. The van der Waals surface area contributed by atoms with Crippen LogP contribution in [0.25, 0.3) is 0 Å². The molecule has 0 spiro atoms. The van der Waals surface area contributed by atoms with E-state index >= 15 is 0 Å². The summed E-state index contributed by atoms with van der Waals surface area (Å²) in [4.78, 5) is 16.3. The molecule has 116 valence electrons. The van der Waals surface area contributed by atoms with Crippen molar-refractivity contribution in [3.63, 3.8) is 0 Å². The van der Waals surface area contributed by atoms with Gasteiger partial charge < -0.3 is 4.57 Å². The second-order valence-corrected chi connectivity index (χ2v) is 7.88. The quantitative estimate of drug-likeness (QED) is 0.865. The number of thioether (sulfide) groups is 1. The molecule has 1 aromatic heterocycles. The van der Waals surface area contributed by atoms with Crippen LogP contribution in [0.5, 0.6) is 0 Å². The lowest BCUT2D eigenvalue weighted by atomic mass is 10.2. The highest BCUT2D eigenvalue weighted by Gasteiger charge is 2.12. The molecule has 1 aromatic carbocycles. The Morgan fingerprint density at radius 3 is 2.45 bits per heavy atom. The lowest BCUT2D eigenvalue weighted by molar-refractivity contribution is -0.115. The monoisotopic (exact) mass is 314 g/mol. The van der Waals surface area contributed by atoms with Crippen LogP contribution >= 0.6 is 11.8 Å². The Morgan fingerprint density at radius 2 is 1.77 bits per heavy atom. The smallest absolute Gasteiger partial charge is 0.257 e. The van der Waals surface area contributed by atoms with Crippen LogP contribution in [-0.2, 0) is 11.3 Å². The van der Waals surface area contributed by atoms with E-state index in [4.69, 9.17) is 0 Å². The van der Waals surface area contributed by atoms with E-state index in [-0.39, 0.29) is 10.7 Å². The van der Waals surface area contributed by atoms with Gasteiger partial charge >= 0.3 is 0 Å². The lowest BCUT2D eigenvalue weighted by Gasteiger charge is -2.15. The van der Waals surface area contributed by atoms with Crippen LogP contribution in [0.3, 0.4) is 0 Å². The largest absolute Gasteiger partial charge is 0.328 e. The van der Waals surface area contributed by atoms with Gasteiger partial charge in [-0.25, -0.2) is 0 Å². The molecular weight excluding hydrogens is 292 g/mol. The minimum atomic E-state index is -0.0899. The van der Waals surface area contributed by atoms with Gasteiger partial charge in [0.15, 0.2) is 0 Å². The third kappa shape index (κ3) is 5.53. The van der Waals surface area contributed by atoms with Crippen LogP contribution in [-0.4, -0.2) is 21.0 Å². The van der Waals surface area contributed by atoms with Crippen molar-refractivity contribution in [2.75, 3.05) is 5.75 Å². The van der Waals surface area contributed by atoms with Crippen LogP contribution in [0.1, 0.15) is 26.3 Å². The SMILES string of the molecule is CC(C)(C)SCC(=O)N=c1ccccn1Cc1ccccc1. The summed E-state index contributed by atoms with van der Waals surface area (Å²) >= 11 is 1.62. The summed E-state index contributed by atoms with van der Waals surface area (Å²) in [5.41, 5.74) is 1.89. The summed E-state index contributed by atoms with van der Waals surface area (Å²) in [5.74, 6) is 0.317. The molecule has 22 heavy (non-hydrogen) atoms. The fourth-order valence-corrected chi connectivity index (χ4v) is 2.54. The Bertz CT molecular complexity index is 684. The number of nitrogens with zero attached hydrogens (tertiary/aromatic N) is 2. The molecular formula is C18H22N2OS. The summed E-state index contributed by atoms with van der Waals surface area (Å²) in [6.07, 6.45) is 1.95. The third-order valence-electron chi connectivity index (χ3n) is 2.98. The summed E-state index contributed by atoms with van der Waals surface area (Å²) in [5, 5.41) is 0. The van der Waals surface area contributed by atoms with Crippen LogP contribution in [0, 0.1) is 0 Å². The van der Waals surface area contributed by atoms with Gasteiger partial charge in [0.1, 0.15) is 5.49 Å². The molecule has 1 heterocycles. The van der Waals surface area contributed by atoms with Gasteiger partial charge in [-0.05, 0) is 17.7 Å². The Balaban J connectivity index is 2.17. The number of hydrogen-bond donors (Lipinski definition) is 0. The van der Waals surface area contributed by atoms with Gasteiger partial charge in [-0.3, -0.25) is 4.79 Å². The van der Waals surface area contributed by atoms with E-state index in [1.807, 2.05) is 47.2 Å². The van der Waals surface area contributed by atoms with Gasteiger partial charge in [0.25, 0.3) is 5.91 Å². The van der Waals surface area contributed by atoms with Crippen molar-refractivity contribution in [1.82, 2.24) is 4.57 Å². The average molecular weight is 314 g/mol. The van der Waals surface area contributed by atoms with Crippen molar-refractivity contribution in [3.05, 3.63) is 65.8 Å². The zero-order chi connectivity index (χ0) is 16.0. The van der Waals surface area contributed by atoms with Gasteiger partial charge in [-0.2, -0.15) is 4.99 Å². The van der Waals surface area contributed by atoms with E-state index in [1.54, 1.807) is 11.8 Å². The Hall–Kier alpha value is -1.81. The minimum absolute atomic E-state index is 0.0713. The number of carbonyl (C=O) groups is 1. The van der Waals surface area contributed by atoms with Gasteiger partial charge in [-0.1, -0.05) is 57.2 Å². The van der Waals surface area contributed by atoms with E-state index in [1.165, 1.54) is 5.56 Å². The summed E-state index contributed by atoms with van der Waals surface area (Å²) < 4.78 is 2.07. The highest BCUT2D eigenvalue weighted by molar-refractivity contribution is 8.01. The van der Waals surface area contributed by atoms with Gasteiger partial charge in [0.2, 0.25) is 0 Å². The Morgan fingerprint density at radius 1 is 1.09 bits per heavy atom. The van der Waals surface area contributed by atoms with Crippen LogP contribution in [0.2, 0.25) is 0 Å². The normalized spacial score (nSPS) is 12.4. The number of carbonyl (C=O) groups excluding carboxylic acids is 1. The molecule has 0 aliphatic carbocycles. The molecule has 0 saturated heterocycles. The number of hydrogen-bond acceptors (Lipinski definition) is 2. The van der Waals surface area contributed by atoms with Crippen LogP contribution in [0.15, 0.2) is 59.7 Å². The topological polar surface area (TPSA) is 34.4 Å². The predicted octanol–water partition coefficient (Wildman–Crippen LogP) is 3.50. The zero-order valence-corrected chi connectivity index (χ0v) is 14.1. The van der Waals surface area contributed by atoms with E-state index in [2.05, 4.69) is 37.9 Å². The summed E-state index contributed by atoms with van der Waals surface area (Å²) in [6.45, 7) is 7.01. The van der Waals surface area contributed by atoms with Crippen molar-refractivity contribution >= 4 is 17.7 Å². The highest BCUT2D eigenvalue weighted by Crippen LogP contribution is 2.22. The number of pyridine rings is 1. The zero-order valence-electron chi connectivity index (χ0n) is 13.3. The molecule has 0 N–H and O–H groups in total. The molecule has 2 rings (SSSR count). The molecule has 3 nitrogen and oxygen atoms in total. The van der Waals surface area contributed by atoms with Gasteiger partial charge in [-0.15, -0.1) is 11.8 Å². The first-order valence-electron chi connectivity index (χ1n) is 7.35. The summed E-state index contributed by atoms with van der Waals surface area (Å²) in [6, 6.07) is 15.9. The summed E-state index contributed by atoms with van der Waals surface area (Å²) in [7, 11) is 0. The standard InChI is InChI=1S/C18H22N2OS/c1-18(2,3)22-14-17(21)19-16-11-7-8-12-20(16)13-15-9-5-4-6-10-15/h4-12H,13-14H2,1-3H3. The minimum Gasteiger partial charge on any atom is -0.328 e. The molecule has 0 unspecified atom stereocenters. The maximum absolute atomic E-state index is 12.1. The van der Waals surface area contributed by atoms with Gasteiger partial charge in [0, 0.05) is 17.5 Å². The molecule has 4 heteroatoms. The van der Waals surface area contributed by atoms with Crippen LogP contribution < -0.4 is 5.49 Å². The molecule has 0 aliphatic heterocycles. The molecule has 0 aliphatic rings. The maximum atomic E-state index is 12.1. The number of amides is 1. The van der Waals surface area contributed by atoms with E-state index in [9.17, 15) is 4.79 Å². The molecule has 0 bridgehead atoms. The van der Waals surface area contributed by atoms with Crippen LogP contribution in [0.4, 0.5) is 0 Å². The fraction of sp³-hybridized carbons (Fsp3) is 0.333. The Kier molecular flexibility index (Phi) is 5.61. The number of aromatic nitrogens is 1. The third-order valence-corrected chi connectivity index (χ3v) is 4.24. The van der Waals surface area contributed by atoms with E-state index < -0.39 is 0 Å². The maximum Gasteiger partial charge on any atom is 0.257 e. The second-order valence-electron chi connectivity index (χ2n) is 6.08. The molecule has 0 saturated carbocycles. The van der Waals surface area contributed by atoms with Crippen molar-refractivity contribution in [3.8, 4) is 0 Å². The fourth-order valence-electron chi connectivity index (χ4n) is 1.92. The number of benzene rings is 1. The number of rotatable bonds is 4. The molecule has 0 radical (unpaired) electrons. The molecule has 0 atom stereocenters. The molecule has 1 amide bonds.